The van der Waals surface area contributed by atoms with Crippen LogP contribution < -0.4 is 10.6 Å². The summed E-state index contributed by atoms with van der Waals surface area (Å²) in [5, 5.41) is 7.20. The molecular weight excluding hydrogens is 576 g/mol. The van der Waals surface area contributed by atoms with Crippen molar-refractivity contribution in [3.8, 4) is 0 Å². The van der Waals surface area contributed by atoms with Crippen molar-refractivity contribution < 1.29 is 28.7 Å². The number of amides is 3. The fourth-order valence-corrected chi connectivity index (χ4v) is 6.88. The molecule has 1 spiro atoms. The molecule has 2 fully saturated rings. The second-order valence-corrected chi connectivity index (χ2v) is 11.7. The Balaban J connectivity index is 0.991. The molecule has 45 heavy (non-hydrogen) atoms. The van der Waals surface area contributed by atoms with Gasteiger partial charge < -0.3 is 35.2 Å². The Bertz CT molecular complexity index is 2200. The van der Waals surface area contributed by atoms with E-state index in [2.05, 4.69) is 25.6 Å². The number of aromatic amines is 3. The number of nitrogens with one attached hydrogen (secondary N) is 5. The van der Waals surface area contributed by atoms with E-state index in [1.807, 2.05) is 0 Å². The number of esters is 1. The van der Waals surface area contributed by atoms with E-state index in [4.69, 9.17) is 4.74 Å². The topological polar surface area (TPSA) is 169 Å². The maximum absolute atomic E-state index is 13.3. The molecule has 3 aromatic heterocycles. The molecule has 0 radical (unpaired) electrons. The predicted octanol–water partition coefficient (Wildman–Crippen LogP) is 4.47. The molecule has 1 aliphatic heterocycles. The summed E-state index contributed by atoms with van der Waals surface area (Å²) in [6.45, 7) is 2.08. The summed E-state index contributed by atoms with van der Waals surface area (Å²) in [6.07, 6.45) is 2.38. The molecule has 224 valence electrons. The molecule has 2 atom stereocenters. The predicted molar refractivity (Wildman–Crippen MR) is 164 cm³/mol. The molecule has 1 saturated carbocycles. The average Bonchev–Trinajstić information content (AvgIpc) is 3.50. The first-order valence-corrected chi connectivity index (χ1v) is 14.4. The lowest BCUT2D eigenvalue weighted by atomic mass is 9.85. The number of rotatable bonds is 5. The highest BCUT2D eigenvalue weighted by Gasteiger charge is 2.67. The number of likely N-dealkylation sites (tertiary alicyclic amines) is 1. The Morgan fingerprint density at radius 2 is 1.44 bits per heavy atom. The molecule has 1 saturated heterocycles. The molecular formula is C33H26N6O6. The number of carbonyl (C=O) groups is 5. The van der Waals surface area contributed by atoms with Gasteiger partial charge in [0.05, 0.1) is 12.8 Å². The van der Waals surface area contributed by atoms with Crippen LogP contribution in [0.3, 0.4) is 0 Å². The van der Waals surface area contributed by atoms with Gasteiger partial charge in [-0.05, 0) is 72.5 Å². The van der Waals surface area contributed by atoms with Crippen molar-refractivity contribution >= 4 is 62.7 Å². The van der Waals surface area contributed by atoms with E-state index in [9.17, 15) is 24.0 Å². The summed E-state index contributed by atoms with van der Waals surface area (Å²) in [4.78, 5) is 74.0. The molecule has 4 heterocycles. The van der Waals surface area contributed by atoms with Crippen LogP contribution in [0.4, 0.5) is 11.4 Å². The van der Waals surface area contributed by atoms with Crippen molar-refractivity contribution in [3.05, 3.63) is 94.7 Å². The molecule has 12 nitrogen and oxygen atoms in total. The lowest BCUT2D eigenvalue weighted by Crippen LogP contribution is -2.31. The van der Waals surface area contributed by atoms with Crippen molar-refractivity contribution in [1.82, 2.24) is 19.9 Å². The summed E-state index contributed by atoms with van der Waals surface area (Å²) < 4.78 is 4.76. The number of ether oxygens (including phenoxy) is 1. The van der Waals surface area contributed by atoms with Crippen LogP contribution in [0.25, 0.3) is 21.8 Å². The summed E-state index contributed by atoms with van der Waals surface area (Å²) in [7, 11) is 1.31. The number of hydrogen-bond acceptors (Lipinski definition) is 6. The fraction of sp³-hybridized carbons (Fsp3) is 0.182. The Labute approximate surface area is 254 Å². The van der Waals surface area contributed by atoms with Crippen LogP contribution in [0, 0.1) is 5.92 Å². The molecule has 12 heteroatoms. The van der Waals surface area contributed by atoms with Gasteiger partial charge in [-0.1, -0.05) is 0 Å². The minimum atomic E-state index is -0.481. The number of methoxy groups -OCH3 is 1. The first-order valence-electron chi connectivity index (χ1n) is 14.4. The van der Waals surface area contributed by atoms with Crippen LogP contribution in [0.5, 0.6) is 0 Å². The van der Waals surface area contributed by atoms with Crippen molar-refractivity contribution in [2.24, 2.45) is 5.92 Å². The number of allylic oxidation sites excluding steroid dienone is 2. The Morgan fingerprint density at radius 1 is 0.844 bits per heavy atom. The van der Waals surface area contributed by atoms with E-state index in [0.29, 0.717) is 45.9 Å². The van der Waals surface area contributed by atoms with Gasteiger partial charge in [0.2, 0.25) is 11.7 Å². The maximum atomic E-state index is 13.3. The molecule has 8 rings (SSSR count). The Hall–Kier alpha value is -5.91. The van der Waals surface area contributed by atoms with Crippen LogP contribution in [-0.2, 0) is 14.9 Å². The number of piperidine rings is 1. The zero-order valence-electron chi connectivity index (χ0n) is 24.2. The van der Waals surface area contributed by atoms with Crippen LogP contribution in [0.1, 0.15) is 60.9 Å². The van der Waals surface area contributed by atoms with Gasteiger partial charge in [-0.3, -0.25) is 19.2 Å². The first kappa shape index (κ1) is 26.7. The van der Waals surface area contributed by atoms with Crippen LogP contribution in [0.2, 0.25) is 0 Å². The third kappa shape index (κ3) is 4.02. The van der Waals surface area contributed by atoms with Gasteiger partial charge in [-0.25, -0.2) is 4.79 Å². The van der Waals surface area contributed by atoms with Crippen LogP contribution in [-0.4, -0.2) is 63.0 Å². The average molecular weight is 603 g/mol. The number of H-pyrrole nitrogens is 3. The molecule has 3 amide bonds. The lowest BCUT2D eigenvalue weighted by molar-refractivity contribution is -0.126. The van der Waals surface area contributed by atoms with Gasteiger partial charge in [0.1, 0.15) is 17.1 Å². The largest absolute Gasteiger partial charge is 0.464 e. The molecule has 5 aromatic rings. The quantitative estimate of drug-likeness (QED) is 0.186. The van der Waals surface area contributed by atoms with Gasteiger partial charge in [0.15, 0.2) is 0 Å². The lowest BCUT2D eigenvalue weighted by Gasteiger charge is -2.26. The molecule has 2 aromatic carbocycles. The number of benzene rings is 2. The van der Waals surface area contributed by atoms with E-state index in [1.165, 1.54) is 20.1 Å². The minimum absolute atomic E-state index is 0.0906. The number of nitrogens with zero attached hydrogens (tertiary/aromatic N) is 1. The number of hydrogen-bond donors (Lipinski definition) is 5. The smallest absolute Gasteiger partial charge is 0.354 e. The summed E-state index contributed by atoms with van der Waals surface area (Å²) in [5.41, 5.74) is 4.93. The number of anilines is 2. The second kappa shape index (κ2) is 9.29. The molecule has 2 unspecified atom stereocenters. The van der Waals surface area contributed by atoms with E-state index in [1.54, 1.807) is 59.5 Å². The second-order valence-electron chi connectivity index (χ2n) is 11.7. The van der Waals surface area contributed by atoms with Crippen LogP contribution >= 0.6 is 0 Å². The van der Waals surface area contributed by atoms with Crippen LogP contribution in [0.15, 0.2) is 66.4 Å². The minimum Gasteiger partial charge on any atom is -0.464 e. The van der Waals surface area contributed by atoms with Gasteiger partial charge >= 0.3 is 5.97 Å². The normalized spacial score (nSPS) is 19.5. The van der Waals surface area contributed by atoms with Gasteiger partial charge in [-0.15, -0.1) is 0 Å². The molecule has 2 aliphatic carbocycles. The Morgan fingerprint density at radius 3 is 2.07 bits per heavy atom. The summed E-state index contributed by atoms with van der Waals surface area (Å²) in [6, 6.07) is 15.6. The van der Waals surface area contributed by atoms with E-state index >= 15 is 0 Å². The van der Waals surface area contributed by atoms with Crippen molar-refractivity contribution in [2.45, 2.75) is 18.8 Å². The van der Waals surface area contributed by atoms with Crippen molar-refractivity contribution in [2.75, 3.05) is 24.3 Å². The van der Waals surface area contributed by atoms with E-state index in [0.717, 1.165) is 28.6 Å². The Kier molecular flexibility index (Phi) is 5.51. The van der Waals surface area contributed by atoms with Crippen molar-refractivity contribution in [1.29, 1.82) is 0 Å². The third-order valence-electron chi connectivity index (χ3n) is 9.10. The SMILES string of the molecule is COC(=O)c1cc2cc(NC(=O)c3cc4cc(NC(=O)c5cc6c([nH]5)C(=O)C=C5N(C(C)=O)CC7CC567)ccc4[nH]3)ccc2[nH]1. The number of aromatic nitrogens is 3. The first-order chi connectivity index (χ1) is 21.6. The van der Waals surface area contributed by atoms with E-state index < -0.39 is 11.9 Å². The fourth-order valence-electron chi connectivity index (χ4n) is 6.88. The highest BCUT2D eigenvalue weighted by atomic mass is 16.5. The number of fused-ring (bicyclic) bond motifs is 3. The third-order valence-corrected chi connectivity index (χ3v) is 9.10. The summed E-state index contributed by atoms with van der Waals surface area (Å²) >= 11 is 0. The van der Waals surface area contributed by atoms with Gasteiger partial charge in [0.25, 0.3) is 11.8 Å². The number of ketones is 1. The summed E-state index contributed by atoms with van der Waals surface area (Å²) in [5.74, 6) is -1.34. The van der Waals surface area contributed by atoms with Gasteiger partial charge in [0, 0.05) is 63.8 Å². The standard InChI is InChI=1S/C33H26N6O6/c1-15(40)39-14-18-13-33(18)21-11-25(38-29(21)27(41)12-28(33)39)31(43)35-19-3-5-22-16(7-19)9-24(36-22)30(42)34-20-4-6-23-17(8-20)10-26(37-23)32(44)45-2/h3-12,18,36-38H,13-14H2,1-2H3,(H,34,42)(H,35,43). The highest BCUT2D eigenvalue weighted by Crippen LogP contribution is 2.66. The van der Waals surface area contributed by atoms with E-state index in [-0.39, 0.29) is 34.6 Å². The molecule has 3 aliphatic rings. The zero-order valence-corrected chi connectivity index (χ0v) is 24.2. The monoisotopic (exact) mass is 602 g/mol. The number of carbonyl (C=O) groups excluding carboxylic acids is 5. The zero-order chi connectivity index (χ0) is 31.2. The van der Waals surface area contributed by atoms with Gasteiger partial charge in [-0.2, -0.15) is 0 Å². The molecule has 5 N–H and O–H groups in total. The highest BCUT2D eigenvalue weighted by molar-refractivity contribution is 6.11. The maximum Gasteiger partial charge on any atom is 0.354 e. The molecule has 0 bridgehead atoms. The van der Waals surface area contributed by atoms with Crippen molar-refractivity contribution in [3.63, 3.8) is 0 Å².